The number of halogens is 2. The van der Waals surface area contributed by atoms with Gasteiger partial charge in [0.25, 0.3) is 0 Å². The fourth-order valence-corrected chi connectivity index (χ4v) is 4.19. The summed E-state index contributed by atoms with van der Waals surface area (Å²) in [6.07, 6.45) is 12.0. The normalized spacial score (nSPS) is 11.4. The van der Waals surface area contributed by atoms with Gasteiger partial charge in [-0.2, -0.15) is 0 Å². The number of benzene rings is 1. The Morgan fingerprint density at radius 2 is 1.40 bits per heavy atom. The summed E-state index contributed by atoms with van der Waals surface area (Å²) in [5, 5.41) is 0. The predicted octanol–water partition coefficient (Wildman–Crippen LogP) is 7.65. The fraction of sp³-hybridized carbons (Fsp3) is 0.727. The van der Waals surface area contributed by atoms with E-state index in [2.05, 4.69) is 45.8 Å². The third-order valence-electron chi connectivity index (χ3n) is 5.05. The molecule has 0 aliphatic rings. The van der Waals surface area contributed by atoms with Crippen molar-refractivity contribution in [1.29, 1.82) is 0 Å². The SMILES string of the molecule is CCCCCCc1c(N(C)C)cc(CC)c(C(Cl)Cl)c1CCCCC. The van der Waals surface area contributed by atoms with Crippen molar-refractivity contribution in [3.63, 3.8) is 0 Å². The van der Waals surface area contributed by atoms with Gasteiger partial charge < -0.3 is 4.90 Å². The van der Waals surface area contributed by atoms with E-state index in [-0.39, 0.29) is 0 Å². The molecule has 0 N–H and O–H groups in total. The van der Waals surface area contributed by atoms with E-state index in [1.807, 2.05) is 0 Å². The van der Waals surface area contributed by atoms with E-state index in [1.54, 1.807) is 0 Å². The largest absolute Gasteiger partial charge is 0.377 e. The molecule has 0 atom stereocenters. The molecule has 0 spiro atoms. The average Bonchev–Trinajstić information content (AvgIpc) is 2.58. The standard InChI is InChI=1S/C22H37Cl2N/c1-6-9-11-13-14-18-19(15-12-10-7-2)21(22(23)24)17(8-3)16-20(18)25(4)5/h16,22H,6-15H2,1-5H3. The van der Waals surface area contributed by atoms with Crippen LogP contribution in [0, 0.1) is 0 Å². The number of unbranched alkanes of at least 4 members (excludes halogenated alkanes) is 5. The molecule has 1 aromatic rings. The lowest BCUT2D eigenvalue weighted by Crippen LogP contribution is -2.16. The van der Waals surface area contributed by atoms with Gasteiger partial charge in [-0.25, -0.2) is 0 Å². The third-order valence-corrected chi connectivity index (χ3v) is 5.48. The smallest absolute Gasteiger partial charge is 0.133 e. The van der Waals surface area contributed by atoms with Crippen LogP contribution in [0.3, 0.4) is 0 Å². The lowest BCUT2D eigenvalue weighted by molar-refractivity contribution is 0.658. The molecule has 0 aromatic heterocycles. The maximum Gasteiger partial charge on any atom is 0.133 e. The summed E-state index contributed by atoms with van der Waals surface area (Å²) >= 11 is 12.9. The van der Waals surface area contributed by atoms with Crippen LogP contribution in [0.2, 0.25) is 0 Å². The molecule has 0 fully saturated rings. The van der Waals surface area contributed by atoms with Crippen LogP contribution in [-0.2, 0) is 19.3 Å². The summed E-state index contributed by atoms with van der Waals surface area (Å²) in [4.78, 5) is 1.83. The molecule has 0 bridgehead atoms. The number of aryl methyl sites for hydroxylation is 1. The van der Waals surface area contributed by atoms with Crippen molar-refractivity contribution in [3.8, 4) is 0 Å². The highest BCUT2D eigenvalue weighted by Gasteiger charge is 2.21. The van der Waals surface area contributed by atoms with Gasteiger partial charge in [0.05, 0.1) is 0 Å². The second-order valence-electron chi connectivity index (χ2n) is 7.24. The maximum atomic E-state index is 6.44. The molecule has 144 valence electrons. The molecule has 0 amide bonds. The zero-order valence-electron chi connectivity index (χ0n) is 16.9. The molecule has 0 heterocycles. The quantitative estimate of drug-likeness (QED) is 0.263. The Morgan fingerprint density at radius 3 is 1.92 bits per heavy atom. The first-order valence-electron chi connectivity index (χ1n) is 10.1. The molecule has 1 rings (SSSR count). The summed E-state index contributed by atoms with van der Waals surface area (Å²) in [5.41, 5.74) is 6.77. The first-order chi connectivity index (χ1) is 12.0. The lowest BCUT2D eigenvalue weighted by Gasteiger charge is -2.26. The molecule has 3 heteroatoms. The minimum atomic E-state index is -0.433. The number of alkyl halides is 2. The summed E-state index contributed by atoms with van der Waals surface area (Å²) in [7, 11) is 4.30. The van der Waals surface area contributed by atoms with Crippen molar-refractivity contribution in [2.75, 3.05) is 19.0 Å². The van der Waals surface area contributed by atoms with Crippen LogP contribution in [0.4, 0.5) is 5.69 Å². The monoisotopic (exact) mass is 385 g/mol. The van der Waals surface area contributed by atoms with Crippen molar-refractivity contribution in [2.45, 2.75) is 89.8 Å². The van der Waals surface area contributed by atoms with E-state index in [4.69, 9.17) is 23.2 Å². The highest BCUT2D eigenvalue weighted by molar-refractivity contribution is 6.44. The van der Waals surface area contributed by atoms with Crippen LogP contribution in [0.15, 0.2) is 6.07 Å². The minimum Gasteiger partial charge on any atom is -0.377 e. The summed E-state index contributed by atoms with van der Waals surface area (Å²) in [6.45, 7) is 6.72. The number of anilines is 1. The molecular formula is C22H37Cl2N. The van der Waals surface area contributed by atoms with Gasteiger partial charge in [0.2, 0.25) is 0 Å². The molecule has 0 saturated carbocycles. The van der Waals surface area contributed by atoms with Crippen LogP contribution in [0.25, 0.3) is 0 Å². The molecule has 0 aliphatic heterocycles. The maximum absolute atomic E-state index is 6.44. The van der Waals surface area contributed by atoms with Crippen molar-refractivity contribution in [3.05, 3.63) is 28.3 Å². The van der Waals surface area contributed by atoms with Gasteiger partial charge in [-0.1, -0.05) is 52.9 Å². The van der Waals surface area contributed by atoms with Crippen molar-refractivity contribution in [1.82, 2.24) is 0 Å². The van der Waals surface area contributed by atoms with Gasteiger partial charge in [0, 0.05) is 19.8 Å². The van der Waals surface area contributed by atoms with E-state index < -0.39 is 4.84 Å². The highest BCUT2D eigenvalue weighted by Crippen LogP contribution is 2.39. The summed E-state index contributed by atoms with van der Waals surface area (Å²) < 4.78 is 0. The van der Waals surface area contributed by atoms with Crippen LogP contribution >= 0.6 is 23.2 Å². The molecule has 1 nitrogen and oxygen atoms in total. The van der Waals surface area contributed by atoms with Crippen LogP contribution in [-0.4, -0.2) is 14.1 Å². The Hall–Kier alpha value is -0.400. The first kappa shape index (κ1) is 22.6. The van der Waals surface area contributed by atoms with Gasteiger partial charge in [-0.3, -0.25) is 0 Å². The Morgan fingerprint density at radius 1 is 0.840 bits per heavy atom. The highest BCUT2D eigenvalue weighted by atomic mass is 35.5. The van der Waals surface area contributed by atoms with E-state index in [1.165, 1.54) is 72.9 Å². The summed E-state index contributed by atoms with van der Waals surface area (Å²) in [6, 6.07) is 2.32. The van der Waals surface area contributed by atoms with Crippen LogP contribution < -0.4 is 4.90 Å². The minimum absolute atomic E-state index is 0.433. The van der Waals surface area contributed by atoms with E-state index in [0.29, 0.717) is 0 Å². The molecule has 25 heavy (non-hydrogen) atoms. The molecule has 1 aromatic carbocycles. The Labute approximate surface area is 166 Å². The van der Waals surface area contributed by atoms with E-state index >= 15 is 0 Å². The Bertz CT molecular complexity index is 509. The second kappa shape index (κ2) is 12.1. The van der Waals surface area contributed by atoms with Gasteiger partial charge in [-0.05, 0) is 60.4 Å². The fourth-order valence-electron chi connectivity index (χ4n) is 3.65. The van der Waals surface area contributed by atoms with Gasteiger partial charge in [0.1, 0.15) is 4.84 Å². The second-order valence-corrected chi connectivity index (χ2v) is 8.34. The van der Waals surface area contributed by atoms with Gasteiger partial charge in [0.15, 0.2) is 0 Å². The Balaban J connectivity index is 3.35. The molecule has 0 saturated heterocycles. The zero-order valence-corrected chi connectivity index (χ0v) is 18.4. The van der Waals surface area contributed by atoms with Gasteiger partial charge >= 0.3 is 0 Å². The van der Waals surface area contributed by atoms with Crippen LogP contribution in [0.1, 0.15) is 92.8 Å². The van der Waals surface area contributed by atoms with Crippen molar-refractivity contribution >= 4 is 28.9 Å². The molecule has 0 radical (unpaired) electrons. The first-order valence-corrected chi connectivity index (χ1v) is 11.0. The van der Waals surface area contributed by atoms with Gasteiger partial charge in [-0.15, -0.1) is 23.2 Å². The predicted molar refractivity (Wildman–Crippen MR) is 116 cm³/mol. The number of hydrogen-bond acceptors (Lipinski definition) is 1. The van der Waals surface area contributed by atoms with Crippen LogP contribution in [0.5, 0.6) is 0 Å². The lowest BCUT2D eigenvalue weighted by atomic mass is 9.87. The number of hydrogen-bond donors (Lipinski definition) is 0. The molecular weight excluding hydrogens is 349 g/mol. The molecule has 0 aliphatic carbocycles. The summed E-state index contributed by atoms with van der Waals surface area (Å²) in [5.74, 6) is 0. The van der Waals surface area contributed by atoms with E-state index in [0.717, 1.165) is 19.3 Å². The van der Waals surface area contributed by atoms with E-state index in [9.17, 15) is 0 Å². The molecule has 0 unspecified atom stereocenters. The number of nitrogens with zero attached hydrogens (tertiary/aromatic N) is 1. The third kappa shape index (κ3) is 6.68. The number of rotatable bonds is 12. The van der Waals surface area contributed by atoms with Crippen molar-refractivity contribution in [2.24, 2.45) is 0 Å². The average molecular weight is 386 g/mol. The topological polar surface area (TPSA) is 3.24 Å². The van der Waals surface area contributed by atoms with Crippen molar-refractivity contribution < 1.29 is 0 Å². The zero-order chi connectivity index (χ0) is 18.8. The Kier molecular flexibility index (Phi) is 10.9.